The Kier molecular flexibility index (Phi) is 7.93. The fraction of sp³-hybridized carbons (Fsp3) is 0.242. The van der Waals surface area contributed by atoms with Gasteiger partial charge in [0.2, 0.25) is 5.88 Å². The number of ether oxygens (including phenoxy) is 1. The van der Waals surface area contributed by atoms with E-state index in [1.807, 2.05) is 42.5 Å². The monoisotopic (exact) mass is 580 g/mol. The van der Waals surface area contributed by atoms with Crippen LogP contribution in [0.25, 0.3) is 22.4 Å². The summed E-state index contributed by atoms with van der Waals surface area (Å²) in [6.45, 7) is 7.25. The molecule has 8 nitrogen and oxygen atoms in total. The van der Waals surface area contributed by atoms with E-state index >= 15 is 0 Å². The fourth-order valence-corrected chi connectivity index (χ4v) is 5.37. The molecule has 0 saturated carbocycles. The van der Waals surface area contributed by atoms with Gasteiger partial charge < -0.3 is 20.4 Å². The van der Waals surface area contributed by atoms with Gasteiger partial charge in [-0.1, -0.05) is 23.7 Å². The van der Waals surface area contributed by atoms with Crippen LogP contribution in [0.1, 0.15) is 27.0 Å². The molecule has 1 aliphatic heterocycles. The van der Waals surface area contributed by atoms with E-state index in [1.165, 1.54) is 5.56 Å². The summed E-state index contributed by atoms with van der Waals surface area (Å²) in [5.41, 5.74) is 12.5. The van der Waals surface area contributed by atoms with Crippen LogP contribution in [0, 0.1) is 6.92 Å². The first-order valence-corrected chi connectivity index (χ1v) is 14.4. The maximum atomic E-state index is 13.3. The first kappa shape index (κ1) is 27.9. The predicted octanol–water partition coefficient (Wildman–Crippen LogP) is 6.13. The highest BCUT2D eigenvalue weighted by Gasteiger charge is 2.18. The summed E-state index contributed by atoms with van der Waals surface area (Å²) in [6.07, 6.45) is 1.95. The van der Waals surface area contributed by atoms with Crippen LogP contribution < -0.4 is 10.5 Å². The van der Waals surface area contributed by atoms with Gasteiger partial charge in [-0.05, 0) is 85.3 Å². The zero-order valence-corrected chi connectivity index (χ0v) is 24.5. The summed E-state index contributed by atoms with van der Waals surface area (Å²) >= 11 is 6.54. The number of aryl methyl sites for hydroxylation is 1. The molecule has 214 valence electrons. The normalized spacial score (nSPS) is 14.4. The van der Waals surface area contributed by atoms with Crippen molar-refractivity contribution in [3.63, 3.8) is 0 Å². The van der Waals surface area contributed by atoms with Gasteiger partial charge in [0.1, 0.15) is 11.3 Å². The summed E-state index contributed by atoms with van der Waals surface area (Å²) in [5, 5.41) is 0.509. The molecule has 6 rings (SSSR count). The van der Waals surface area contributed by atoms with Crippen LogP contribution in [0.4, 0.5) is 5.69 Å². The number of rotatable bonds is 8. The minimum Gasteiger partial charge on any atom is -0.437 e. The Morgan fingerprint density at radius 1 is 0.976 bits per heavy atom. The number of aromatic nitrogens is 3. The lowest BCUT2D eigenvalue weighted by molar-refractivity contribution is 0.0993. The average Bonchev–Trinajstić information content (AvgIpc) is 3.46. The number of hydrogen-bond acceptors (Lipinski definition) is 7. The van der Waals surface area contributed by atoms with Crippen molar-refractivity contribution in [1.82, 2.24) is 24.8 Å². The molecule has 1 fully saturated rings. The van der Waals surface area contributed by atoms with Crippen LogP contribution in [0.3, 0.4) is 0 Å². The summed E-state index contributed by atoms with van der Waals surface area (Å²) in [4.78, 5) is 30.7. The molecule has 9 heteroatoms. The van der Waals surface area contributed by atoms with Crippen LogP contribution in [0.5, 0.6) is 11.6 Å². The quantitative estimate of drug-likeness (QED) is 0.168. The second-order valence-corrected chi connectivity index (χ2v) is 11.3. The van der Waals surface area contributed by atoms with Crippen LogP contribution in [-0.2, 0) is 13.0 Å². The summed E-state index contributed by atoms with van der Waals surface area (Å²) < 4.78 is 6.25. The van der Waals surface area contributed by atoms with Crippen molar-refractivity contribution in [3.05, 3.63) is 100 Å². The predicted molar refractivity (Wildman–Crippen MR) is 167 cm³/mol. The number of carbonyl (C=O) groups excluding carboxylic acids is 1. The topological polar surface area (TPSA) is 100 Å². The van der Waals surface area contributed by atoms with Crippen LogP contribution in [-0.4, -0.2) is 63.8 Å². The molecule has 0 atom stereocenters. The number of halogens is 1. The number of benzene rings is 3. The lowest BCUT2D eigenvalue weighted by Crippen LogP contribution is -2.43. The zero-order valence-electron chi connectivity index (χ0n) is 23.7. The molecule has 0 aliphatic carbocycles. The van der Waals surface area contributed by atoms with E-state index in [9.17, 15) is 4.79 Å². The highest BCUT2D eigenvalue weighted by atomic mass is 35.5. The summed E-state index contributed by atoms with van der Waals surface area (Å²) in [5.74, 6) is 1.43. The Labute approximate surface area is 250 Å². The lowest BCUT2D eigenvalue weighted by atomic mass is 9.98. The molecule has 0 amide bonds. The van der Waals surface area contributed by atoms with Crippen molar-refractivity contribution in [1.29, 1.82) is 0 Å². The Bertz CT molecular complexity index is 1740. The van der Waals surface area contributed by atoms with Gasteiger partial charge in [-0.2, -0.15) is 4.98 Å². The third kappa shape index (κ3) is 6.16. The SMILES string of the molecule is Cc1cc(C(=O)Cc2cc(Oc3nc(-c4ccc(N)cc4)nc4cc[nH]c34)ccc2Cl)ccc1CN1CCN(C)CC1. The molecule has 0 bridgehead atoms. The number of nitrogens with one attached hydrogen (secondary N) is 1. The number of carbonyl (C=O) groups is 1. The number of piperazine rings is 1. The Morgan fingerprint density at radius 3 is 2.52 bits per heavy atom. The molecule has 3 N–H and O–H groups in total. The van der Waals surface area contributed by atoms with Crippen LogP contribution in [0.15, 0.2) is 72.9 Å². The molecule has 42 heavy (non-hydrogen) atoms. The average molecular weight is 581 g/mol. The number of hydrogen-bond donors (Lipinski definition) is 2. The number of aromatic amines is 1. The molecule has 1 aliphatic rings. The number of likely N-dealkylation sites (N-methyl/N-ethyl adjacent to an activating group) is 1. The third-order valence-corrected chi connectivity index (χ3v) is 8.15. The number of H-pyrrole nitrogens is 1. The van der Waals surface area contributed by atoms with E-state index in [4.69, 9.17) is 22.1 Å². The molecule has 3 aromatic carbocycles. The minimum absolute atomic E-state index is 0.00253. The number of nitrogen functional groups attached to an aromatic ring is 1. The van der Waals surface area contributed by atoms with E-state index in [-0.39, 0.29) is 12.2 Å². The molecule has 0 radical (unpaired) electrons. The largest absolute Gasteiger partial charge is 0.437 e. The first-order chi connectivity index (χ1) is 20.3. The van der Waals surface area contributed by atoms with Gasteiger partial charge in [-0.15, -0.1) is 0 Å². The molecule has 3 heterocycles. The third-order valence-electron chi connectivity index (χ3n) is 7.78. The van der Waals surface area contributed by atoms with Crippen molar-refractivity contribution < 1.29 is 9.53 Å². The van der Waals surface area contributed by atoms with Gasteiger partial charge in [-0.25, -0.2) is 4.98 Å². The van der Waals surface area contributed by atoms with Gasteiger partial charge in [0, 0.05) is 67.2 Å². The Morgan fingerprint density at radius 2 is 1.76 bits per heavy atom. The first-order valence-electron chi connectivity index (χ1n) is 14.0. The molecule has 2 aromatic heterocycles. The number of fused-ring (bicyclic) bond motifs is 1. The van der Waals surface area contributed by atoms with Gasteiger partial charge in [0.05, 0.1) is 5.52 Å². The molecule has 5 aromatic rings. The smallest absolute Gasteiger partial charge is 0.247 e. The number of nitrogens with zero attached hydrogens (tertiary/aromatic N) is 4. The zero-order chi connectivity index (χ0) is 29.2. The van der Waals surface area contributed by atoms with Crippen molar-refractivity contribution >= 4 is 34.1 Å². The van der Waals surface area contributed by atoms with E-state index in [0.717, 1.165) is 49.4 Å². The number of anilines is 1. The van der Waals surface area contributed by atoms with Crippen molar-refractivity contribution in [2.75, 3.05) is 39.0 Å². The van der Waals surface area contributed by atoms with Gasteiger partial charge >= 0.3 is 0 Å². The van der Waals surface area contributed by atoms with E-state index in [2.05, 4.69) is 44.8 Å². The van der Waals surface area contributed by atoms with Gasteiger partial charge in [0.15, 0.2) is 11.6 Å². The maximum Gasteiger partial charge on any atom is 0.247 e. The molecular formula is C33H33ClN6O2. The Balaban J connectivity index is 1.20. The molecule has 0 spiro atoms. The van der Waals surface area contributed by atoms with Crippen molar-refractivity contribution in [2.45, 2.75) is 19.9 Å². The Hall–Kier alpha value is -4.24. The lowest BCUT2D eigenvalue weighted by Gasteiger charge is -2.32. The second kappa shape index (κ2) is 11.9. The molecule has 1 saturated heterocycles. The number of Topliss-reactive ketones (excluding diaryl/α,β-unsaturated/α-hetero) is 1. The molecule has 0 unspecified atom stereocenters. The number of nitrogens with two attached hydrogens (primary N) is 1. The van der Waals surface area contributed by atoms with E-state index in [1.54, 1.807) is 24.4 Å². The maximum absolute atomic E-state index is 13.3. The van der Waals surface area contributed by atoms with Gasteiger partial charge in [0.25, 0.3) is 0 Å². The van der Waals surface area contributed by atoms with Crippen LogP contribution >= 0.6 is 11.6 Å². The van der Waals surface area contributed by atoms with E-state index in [0.29, 0.717) is 44.8 Å². The minimum atomic E-state index is 0.00253. The number of ketones is 1. The standard InChI is InChI=1S/C33H33ClN6O2/c1-21-17-23(3-4-24(21)20-40-15-13-39(2)14-16-40)30(41)19-25-18-27(9-10-28(25)34)42-33-31-29(11-12-36-31)37-32(38-33)22-5-7-26(35)8-6-22/h3-12,17-18,36H,13-16,19-20,35H2,1-2H3. The van der Waals surface area contributed by atoms with Crippen LogP contribution in [0.2, 0.25) is 5.02 Å². The fourth-order valence-electron chi connectivity index (χ4n) is 5.18. The summed E-state index contributed by atoms with van der Waals surface area (Å²) in [7, 11) is 2.16. The van der Waals surface area contributed by atoms with Crippen molar-refractivity contribution in [2.24, 2.45) is 0 Å². The van der Waals surface area contributed by atoms with Crippen molar-refractivity contribution in [3.8, 4) is 23.0 Å². The van der Waals surface area contributed by atoms with E-state index < -0.39 is 0 Å². The second-order valence-electron chi connectivity index (χ2n) is 10.9. The highest BCUT2D eigenvalue weighted by molar-refractivity contribution is 6.31. The summed E-state index contributed by atoms with van der Waals surface area (Å²) in [6, 6.07) is 20.6. The molecular weight excluding hydrogens is 548 g/mol. The van der Waals surface area contributed by atoms with Gasteiger partial charge in [-0.3, -0.25) is 9.69 Å². The highest BCUT2D eigenvalue weighted by Crippen LogP contribution is 2.32.